The van der Waals surface area contributed by atoms with Gasteiger partial charge in [0.25, 0.3) is 0 Å². The molecular weight excluding hydrogens is 124 g/mol. The summed E-state index contributed by atoms with van der Waals surface area (Å²) in [6.45, 7) is 0.285. The molecule has 0 heterocycles. The molecule has 1 aliphatic carbocycles. The maximum absolute atomic E-state index is 8.46. The summed E-state index contributed by atoms with van der Waals surface area (Å²) in [4.78, 5) is 0. The summed E-state index contributed by atoms with van der Waals surface area (Å²) in [5, 5.41) is 8.46. The molecule has 0 saturated heterocycles. The number of allylic oxidation sites excluding steroid dienone is 3. The molecule has 0 bridgehead atoms. The zero-order valence-corrected chi connectivity index (χ0v) is 4.80. The highest BCUT2D eigenvalue weighted by Crippen LogP contribution is 2.12. The smallest absolute Gasteiger partial charge is 0.316 e. The van der Waals surface area contributed by atoms with Gasteiger partial charge in [0, 0.05) is 6.61 Å². The van der Waals surface area contributed by atoms with Crippen LogP contribution in [0.1, 0.15) is 12.8 Å². The molecule has 1 nitrogen and oxygen atoms in total. The van der Waals surface area contributed by atoms with E-state index in [1.54, 1.807) is 0 Å². The standard InChI is InChI=1S/C7H10O.Mg.2H/c8-6-5-7-3-1-2-4-7;;;/h1-3,8H,4-6H2;;;. The Morgan fingerprint density at radius 1 is 1.56 bits per heavy atom. The van der Waals surface area contributed by atoms with E-state index >= 15 is 0 Å². The first-order valence-electron chi connectivity index (χ1n) is 2.89. The van der Waals surface area contributed by atoms with Gasteiger partial charge in [-0.15, -0.1) is 0 Å². The molecule has 0 aromatic rings. The summed E-state index contributed by atoms with van der Waals surface area (Å²) in [6, 6.07) is 0. The molecule has 0 saturated carbocycles. The van der Waals surface area contributed by atoms with Crippen molar-refractivity contribution < 1.29 is 5.11 Å². The fourth-order valence-corrected chi connectivity index (χ4v) is 0.821. The van der Waals surface area contributed by atoms with Crippen LogP contribution in [0, 0.1) is 0 Å². The van der Waals surface area contributed by atoms with E-state index in [0.29, 0.717) is 0 Å². The summed E-state index contributed by atoms with van der Waals surface area (Å²) in [5.41, 5.74) is 1.34. The van der Waals surface area contributed by atoms with E-state index in [9.17, 15) is 0 Å². The number of aliphatic hydroxyl groups excluding tert-OH is 1. The van der Waals surface area contributed by atoms with Crippen LogP contribution in [0.5, 0.6) is 0 Å². The summed E-state index contributed by atoms with van der Waals surface area (Å²) in [6.07, 6.45) is 8.08. The molecule has 0 atom stereocenters. The van der Waals surface area contributed by atoms with Crippen molar-refractivity contribution in [1.29, 1.82) is 0 Å². The normalized spacial score (nSPS) is 15.0. The average Bonchev–Trinajstić information content (AvgIpc) is 2.19. The van der Waals surface area contributed by atoms with E-state index in [0.717, 1.165) is 12.8 Å². The van der Waals surface area contributed by atoms with Gasteiger partial charge in [0.1, 0.15) is 0 Å². The minimum Gasteiger partial charge on any atom is -0.396 e. The second-order valence-electron chi connectivity index (χ2n) is 1.93. The first-order valence-corrected chi connectivity index (χ1v) is 2.89. The van der Waals surface area contributed by atoms with Gasteiger partial charge in [0.05, 0.1) is 0 Å². The van der Waals surface area contributed by atoms with Crippen molar-refractivity contribution in [2.45, 2.75) is 12.8 Å². The monoisotopic (exact) mass is 136 g/mol. The lowest BCUT2D eigenvalue weighted by atomic mass is 10.2. The van der Waals surface area contributed by atoms with Crippen molar-refractivity contribution in [1.82, 2.24) is 0 Å². The van der Waals surface area contributed by atoms with Gasteiger partial charge in [0.15, 0.2) is 0 Å². The molecule has 1 N–H and O–H groups in total. The number of hydrogen-bond donors (Lipinski definition) is 1. The minimum absolute atomic E-state index is 0. The molecule has 0 radical (unpaired) electrons. The third kappa shape index (κ3) is 3.03. The summed E-state index contributed by atoms with van der Waals surface area (Å²) < 4.78 is 0. The van der Waals surface area contributed by atoms with Gasteiger partial charge < -0.3 is 5.11 Å². The van der Waals surface area contributed by atoms with E-state index < -0.39 is 0 Å². The van der Waals surface area contributed by atoms with E-state index in [2.05, 4.69) is 12.2 Å². The Morgan fingerprint density at radius 3 is 2.78 bits per heavy atom. The number of aliphatic hydroxyl groups is 1. The molecular formula is C7H12MgO. The van der Waals surface area contributed by atoms with Crippen LogP contribution in [0.4, 0.5) is 0 Å². The first-order chi connectivity index (χ1) is 3.93. The maximum Gasteiger partial charge on any atom is 0.316 e. The van der Waals surface area contributed by atoms with Crippen molar-refractivity contribution in [3.05, 3.63) is 23.8 Å². The molecule has 0 spiro atoms. The molecule has 1 aliphatic rings. The van der Waals surface area contributed by atoms with E-state index in [1.165, 1.54) is 5.57 Å². The first kappa shape index (κ1) is 9.21. The lowest BCUT2D eigenvalue weighted by molar-refractivity contribution is 0.299. The van der Waals surface area contributed by atoms with Crippen LogP contribution in [-0.4, -0.2) is 34.8 Å². The molecule has 0 fully saturated rings. The third-order valence-electron chi connectivity index (χ3n) is 1.28. The molecule has 0 unspecified atom stereocenters. The maximum atomic E-state index is 8.46. The second kappa shape index (κ2) is 5.03. The molecule has 0 aromatic carbocycles. The lowest BCUT2D eigenvalue weighted by Crippen LogP contribution is -1.83. The molecule has 48 valence electrons. The fraction of sp³-hybridized carbons (Fsp3) is 0.429. The Morgan fingerprint density at radius 2 is 2.33 bits per heavy atom. The van der Waals surface area contributed by atoms with Gasteiger partial charge in [-0.05, 0) is 12.8 Å². The van der Waals surface area contributed by atoms with Gasteiger partial charge in [-0.3, -0.25) is 0 Å². The Balaban J connectivity index is 0.000000640. The second-order valence-corrected chi connectivity index (χ2v) is 1.93. The van der Waals surface area contributed by atoms with Crippen LogP contribution in [0.2, 0.25) is 0 Å². The van der Waals surface area contributed by atoms with Crippen molar-refractivity contribution in [2.24, 2.45) is 0 Å². The number of rotatable bonds is 2. The van der Waals surface area contributed by atoms with Gasteiger partial charge in [-0.2, -0.15) is 0 Å². The van der Waals surface area contributed by atoms with Gasteiger partial charge in [-0.1, -0.05) is 23.8 Å². The SMILES string of the molecule is OCCC1=CC=CC1.[MgH2]. The average molecular weight is 136 g/mol. The van der Waals surface area contributed by atoms with Crippen LogP contribution in [0.25, 0.3) is 0 Å². The summed E-state index contributed by atoms with van der Waals surface area (Å²) >= 11 is 0. The quantitative estimate of drug-likeness (QED) is 0.543. The molecule has 0 amide bonds. The summed E-state index contributed by atoms with van der Waals surface area (Å²) in [5.74, 6) is 0. The predicted molar refractivity (Wildman–Crippen MR) is 42.1 cm³/mol. The third-order valence-corrected chi connectivity index (χ3v) is 1.28. The Hall–Kier alpha value is 0.206. The van der Waals surface area contributed by atoms with Gasteiger partial charge >= 0.3 is 23.1 Å². The van der Waals surface area contributed by atoms with Crippen LogP contribution in [0.3, 0.4) is 0 Å². The van der Waals surface area contributed by atoms with Crippen LogP contribution < -0.4 is 0 Å². The van der Waals surface area contributed by atoms with Gasteiger partial charge in [-0.25, -0.2) is 0 Å². The fourth-order valence-electron chi connectivity index (χ4n) is 0.821. The van der Waals surface area contributed by atoms with Crippen molar-refractivity contribution in [2.75, 3.05) is 6.61 Å². The Bertz CT molecular complexity index is 127. The molecule has 2 heteroatoms. The predicted octanol–water partition coefficient (Wildman–Crippen LogP) is 0.339. The lowest BCUT2D eigenvalue weighted by Gasteiger charge is -1.93. The van der Waals surface area contributed by atoms with E-state index in [1.807, 2.05) is 6.08 Å². The van der Waals surface area contributed by atoms with E-state index in [4.69, 9.17) is 5.11 Å². The highest BCUT2D eigenvalue weighted by atomic mass is 24.3. The van der Waals surface area contributed by atoms with Crippen molar-refractivity contribution in [3.8, 4) is 0 Å². The van der Waals surface area contributed by atoms with Gasteiger partial charge in [0.2, 0.25) is 0 Å². The van der Waals surface area contributed by atoms with Crippen LogP contribution in [-0.2, 0) is 0 Å². The number of hydrogen-bond acceptors (Lipinski definition) is 1. The summed E-state index contributed by atoms with van der Waals surface area (Å²) in [7, 11) is 0. The molecule has 0 aromatic heterocycles. The highest BCUT2D eigenvalue weighted by molar-refractivity contribution is 5.75. The highest BCUT2D eigenvalue weighted by Gasteiger charge is 1.95. The Kier molecular flexibility index (Phi) is 5.14. The van der Waals surface area contributed by atoms with Crippen LogP contribution in [0.15, 0.2) is 23.8 Å². The molecule has 9 heavy (non-hydrogen) atoms. The molecule has 0 aliphatic heterocycles. The van der Waals surface area contributed by atoms with Crippen molar-refractivity contribution >= 4 is 23.1 Å². The van der Waals surface area contributed by atoms with Crippen molar-refractivity contribution in [3.63, 3.8) is 0 Å². The van der Waals surface area contributed by atoms with E-state index in [-0.39, 0.29) is 29.7 Å². The van der Waals surface area contributed by atoms with Crippen LogP contribution >= 0.6 is 0 Å². The zero-order chi connectivity index (χ0) is 5.82. The Labute approximate surface area is 71.6 Å². The zero-order valence-electron chi connectivity index (χ0n) is 4.80. The molecule has 1 rings (SSSR count). The topological polar surface area (TPSA) is 20.2 Å². The largest absolute Gasteiger partial charge is 0.396 e. The minimum atomic E-state index is 0.